The van der Waals surface area contributed by atoms with E-state index in [4.69, 9.17) is 16.3 Å². The molecule has 4 rings (SSSR count). The molecule has 1 heterocycles. The molecule has 1 N–H and O–H groups in total. The fourth-order valence-corrected chi connectivity index (χ4v) is 3.99. The Labute approximate surface area is 135 Å². The summed E-state index contributed by atoms with van der Waals surface area (Å²) < 4.78 is 5.56. The van der Waals surface area contributed by atoms with E-state index in [1.54, 1.807) is 7.11 Å². The normalized spacial score (nSPS) is 25.3. The Morgan fingerprint density at radius 3 is 2.86 bits per heavy atom. The zero-order valence-corrected chi connectivity index (χ0v) is 13.2. The monoisotopic (exact) mass is 311 g/mol. The van der Waals surface area contributed by atoms with Crippen LogP contribution in [-0.2, 0) is 0 Å². The highest BCUT2D eigenvalue weighted by atomic mass is 35.5. The van der Waals surface area contributed by atoms with Gasteiger partial charge in [-0.2, -0.15) is 0 Å². The average Bonchev–Trinajstić information content (AvgIpc) is 3.03. The molecule has 0 spiro atoms. The van der Waals surface area contributed by atoms with Crippen molar-refractivity contribution in [2.45, 2.75) is 18.4 Å². The molecule has 112 valence electrons. The molecule has 0 bridgehead atoms. The number of benzene rings is 2. The first-order valence-corrected chi connectivity index (χ1v) is 8.01. The second kappa shape index (κ2) is 5.36. The summed E-state index contributed by atoms with van der Waals surface area (Å²) in [5, 5.41) is 4.49. The van der Waals surface area contributed by atoms with Crippen LogP contribution in [0, 0.1) is 5.92 Å². The van der Waals surface area contributed by atoms with Crippen LogP contribution in [-0.4, -0.2) is 7.11 Å². The molecule has 1 aliphatic heterocycles. The molecule has 22 heavy (non-hydrogen) atoms. The molecular weight excluding hydrogens is 294 g/mol. The Morgan fingerprint density at radius 2 is 2.05 bits per heavy atom. The molecule has 0 amide bonds. The average molecular weight is 312 g/mol. The minimum absolute atomic E-state index is 0.252. The van der Waals surface area contributed by atoms with Crippen molar-refractivity contribution in [1.82, 2.24) is 0 Å². The number of ether oxygens (including phenoxy) is 1. The minimum atomic E-state index is 0.252. The van der Waals surface area contributed by atoms with E-state index in [1.165, 1.54) is 11.1 Å². The lowest BCUT2D eigenvalue weighted by atomic mass is 9.77. The summed E-state index contributed by atoms with van der Waals surface area (Å²) in [5.74, 6) is 1.87. The smallest absolute Gasteiger partial charge is 0.142 e. The Hall–Kier alpha value is -1.93. The maximum Gasteiger partial charge on any atom is 0.142 e. The van der Waals surface area contributed by atoms with E-state index in [0.717, 1.165) is 22.9 Å². The van der Waals surface area contributed by atoms with Gasteiger partial charge in [0.15, 0.2) is 0 Å². The van der Waals surface area contributed by atoms with E-state index >= 15 is 0 Å². The van der Waals surface area contributed by atoms with Gasteiger partial charge in [-0.3, -0.25) is 0 Å². The predicted molar refractivity (Wildman–Crippen MR) is 90.8 cm³/mol. The number of allylic oxidation sites excluding steroid dienone is 2. The standard InChI is InChI=1S/C19H18ClNO/c1-22-17-10-4-9-16-14-7-3-8-15(14)18(21-19(16)17)12-5-2-6-13(20)11-12/h2-7,9-11,14-15,18,21H,8H2,1H3. The number of para-hydroxylation sites is 1. The van der Waals surface area contributed by atoms with E-state index < -0.39 is 0 Å². The first-order valence-electron chi connectivity index (χ1n) is 7.63. The van der Waals surface area contributed by atoms with Gasteiger partial charge in [-0.25, -0.2) is 0 Å². The number of nitrogens with one attached hydrogen (secondary N) is 1. The molecule has 3 heteroatoms. The number of methoxy groups -OCH3 is 1. The second-order valence-corrected chi connectivity index (χ2v) is 6.39. The van der Waals surface area contributed by atoms with Crippen LogP contribution in [0.3, 0.4) is 0 Å². The molecule has 0 saturated heterocycles. The zero-order chi connectivity index (χ0) is 15.1. The number of anilines is 1. The Bertz CT molecular complexity index is 740. The molecule has 2 aromatic carbocycles. The lowest BCUT2D eigenvalue weighted by Gasteiger charge is -2.38. The minimum Gasteiger partial charge on any atom is -0.495 e. The van der Waals surface area contributed by atoms with Gasteiger partial charge in [0.05, 0.1) is 18.8 Å². The molecule has 0 radical (unpaired) electrons. The fourth-order valence-electron chi connectivity index (χ4n) is 3.79. The van der Waals surface area contributed by atoms with Gasteiger partial charge in [0, 0.05) is 10.9 Å². The number of hydrogen-bond donors (Lipinski definition) is 1. The lowest BCUT2D eigenvalue weighted by molar-refractivity contribution is 0.397. The van der Waals surface area contributed by atoms with Gasteiger partial charge in [-0.1, -0.05) is 48.0 Å². The summed E-state index contributed by atoms with van der Waals surface area (Å²) in [7, 11) is 1.72. The number of halogens is 1. The van der Waals surface area contributed by atoms with Crippen molar-refractivity contribution in [2.24, 2.45) is 5.92 Å². The van der Waals surface area contributed by atoms with Crippen LogP contribution in [0.25, 0.3) is 0 Å². The van der Waals surface area contributed by atoms with Crippen LogP contribution < -0.4 is 10.1 Å². The van der Waals surface area contributed by atoms with Crippen molar-refractivity contribution < 1.29 is 4.74 Å². The quantitative estimate of drug-likeness (QED) is 0.772. The van der Waals surface area contributed by atoms with Gasteiger partial charge in [-0.05, 0) is 41.7 Å². The molecule has 0 fully saturated rings. The van der Waals surface area contributed by atoms with Crippen molar-refractivity contribution in [3.8, 4) is 5.75 Å². The van der Waals surface area contributed by atoms with E-state index in [0.29, 0.717) is 11.8 Å². The molecule has 2 nitrogen and oxygen atoms in total. The predicted octanol–water partition coefficient (Wildman–Crippen LogP) is 5.18. The topological polar surface area (TPSA) is 21.3 Å². The summed E-state index contributed by atoms with van der Waals surface area (Å²) in [6.07, 6.45) is 5.72. The van der Waals surface area contributed by atoms with Gasteiger partial charge >= 0.3 is 0 Å². The number of fused-ring (bicyclic) bond motifs is 3. The largest absolute Gasteiger partial charge is 0.495 e. The zero-order valence-electron chi connectivity index (χ0n) is 12.4. The highest BCUT2D eigenvalue weighted by molar-refractivity contribution is 6.30. The molecule has 3 atom stereocenters. The van der Waals surface area contributed by atoms with Crippen molar-refractivity contribution >= 4 is 17.3 Å². The molecule has 1 aliphatic carbocycles. The number of rotatable bonds is 2. The Kier molecular flexibility index (Phi) is 3.34. The van der Waals surface area contributed by atoms with Crippen LogP contribution in [0.4, 0.5) is 5.69 Å². The first kappa shape index (κ1) is 13.7. The Balaban J connectivity index is 1.83. The maximum atomic E-state index is 6.20. The summed E-state index contributed by atoms with van der Waals surface area (Å²) in [5.41, 5.74) is 3.68. The lowest BCUT2D eigenvalue weighted by Crippen LogP contribution is -2.29. The van der Waals surface area contributed by atoms with Crippen molar-refractivity contribution in [1.29, 1.82) is 0 Å². The third-order valence-corrected chi connectivity index (χ3v) is 5.02. The molecule has 0 aromatic heterocycles. The molecule has 3 unspecified atom stereocenters. The third kappa shape index (κ3) is 2.10. The van der Waals surface area contributed by atoms with Crippen LogP contribution in [0.15, 0.2) is 54.6 Å². The third-order valence-electron chi connectivity index (χ3n) is 4.79. The van der Waals surface area contributed by atoms with Crippen molar-refractivity contribution in [2.75, 3.05) is 12.4 Å². The van der Waals surface area contributed by atoms with E-state index in [9.17, 15) is 0 Å². The highest BCUT2D eigenvalue weighted by Crippen LogP contribution is 2.52. The van der Waals surface area contributed by atoms with Gasteiger partial charge in [0.2, 0.25) is 0 Å². The fraction of sp³-hybridized carbons (Fsp3) is 0.263. The molecular formula is C19H18ClNO. The van der Waals surface area contributed by atoms with E-state index in [-0.39, 0.29) is 6.04 Å². The summed E-state index contributed by atoms with van der Waals surface area (Å²) >= 11 is 6.20. The van der Waals surface area contributed by atoms with Gasteiger partial charge in [-0.15, -0.1) is 0 Å². The van der Waals surface area contributed by atoms with E-state index in [2.05, 4.69) is 41.7 Å². The summed E-state index contributed by atoms with van der Waals surface area (Å²) in [4.78, 5) is 0. The SMILES string of the molecule is COc1cccc2c1NC(c1cccc(Cl)c1)C1CC=CC21. The summed E-state index contributed by atoms with van der Waals surface area (Å²) in [6.45, 7) is 0. The summed E-state index contributed by atoms with van der Waals surface area (Å²) in [6, 6.07) is 14.7. The van der Waals surface area contributed by atoms with Crippen molar-refractivity contribution in [3.63, 3.8) is 0 Å². The van der Waals surface area contributed by atoms with Crippen LogP contribution >= 0.6 is 11.6 Å². The van der Waals surface area contributed by atoms with Crippen LogP contribution in [0.5, 0.6) is 5.75 Å². The molecule has 2 aromatic rings. The Morgan fingerprint density at radius 1 is 1.18 bits per heavy atom. The van der Waals surface area contributed by atoms with Gasteiger partial charge in [0.25, 0.3) is 0 Å². The van der Waals surface area contributed by atoms with Crippen molar-refractivity contribution in [3.05, 3.63) is 70.8 Å². The van der Waals surface area contributed by atoms with Crippen LogP contribution in [0.1, 0.15) is 29.5 Å². The van der Waals surface area contributed by atoms with Crippen LogP contribution in [0.2, 0.25) is 5.02 Å². The van der Waals surface area contributed by atoms with E-state index in [1.807, 2.05) is 18.2 Å². The molecule has 2 aliphatic rings. The first-order chi connectivity index (χ1) is 10.8. The maximum absolute atomic E-state index is 6.20. The number of hydrogen-bond acceptors (Lipinski definition) is 2. The second-order valence-electron chi connectivity index (χ2n) is 5.96. The van der Waals surface area contributed by atoms with Gasteiger partial charge in [0.1, 0.15) is 5.75 Å². The highest BCUT2D eigenvalue weighted by Gasteiger charge is 2.38. The molecule has 0 saturated carbocycles. The van der Waals surface area contributed by atoms with Gasteiger partial charge < -0.3 is 10.1 Å².